The molecule has 5 atom stereocenters. The average Bonchev–Trinajstić information content (AvgIpc) is 4.15. The van der Waals surface area contributed by atoms with E-state index in [2.05, 4.69) is 10.6 Å². The molecule has 2 amide bonds. The minimum Gasteiger partial charge on any atom is -0.502 e. The molecule has 3 aliphatic rings. The third-order valence-corrected chi connectivity index (χ3v) is 10.3. The van der Waals surface area contributed by atoms with Crippen LogP contribution in [0.3, 0.4) is 0 Å². The van der Waals surface area contributed by atoms with E-state index in [9.17, 15) is 19.2 Å². The van der Waals surface area contributed by atoms with E-state index in [1.807, 2.05) is 90.7 Å². The van der Waals surface area contributed by atoms with Crippen LogP contribution in [-0.2, 0) is 51.3 Å². The van der Waals surface area contributed by atoms with Gasteiger partial charge < -0.3 is 44.0 Å². The van der Waals surface area contributed by atoms with Crippen molar-refractivity contribution in [1.82, 2.24) is 15.5 Å². The first kappa shape index (κ1) is 39.2. The third kappa shape index (κ3) is 8.55. The van der Waals surface area contributed by atoms with Crippen LogP contribution in [-0.4, -0.2) is 85.8 Å². The summed E-state index contributed by atoms with van der Waals surface area (Å²) in [6.07, 6.45) is -1.76. The van der Waals surface area contributed by atoms with Gasteiger partial charge in [-0.25, -0.2) is 4.79 Å². The molecule has 3 heterocycles. The Kier molecular flexibility index (Phi) is 11.4. The van der Waals surface area contributed by atoms with Crippen LogP contribution >= 0.6 is 0 Å². The Hall–Kier alpha value is -6.02. The highest BCUT2D eigenvalue weighted by Gasteiger charge is 2.59. The summed E-state index contributed by atoms with van der Waals surface area (Å²) in [5.41, 5.74) is 1.75. The van der Waals surface area contributed by atoms with Crippen molar-refractivity contribution in [2.75, 3.05) is 27.4 Å². The second-order valence-electron chi connectivity index (χ2n) is 14.5. The van der Waals surface area contributed by atoms with Crippen LogP contribution in [0.1, 0.15) is 40.9 Å². The number of Topliss-reactive ketones (excluding diaryl/α,β-unsaturated/α-hetero) is 1. The van der Waals surface area contributed by atoms with E-state index in [1.165, 1.54) is 21.1 Å². The molecule has 57 heavy (non-hydrogen) atoms. The average molecular weight is 776 g/mol. The monoisotopic (exact) mass is 775 g/mol. The van der Waals surface area contributed by atoms with E-state index in [0.29, 0.717) is 23.4 Å². The second kappa shape index (κ2) is 16.6. The van der Waals surface area contributed by atoms with Gasteiger partial charge in [0.15, 0.2) is 5.78 Å². The molecule has 0 spiro atoms. The summed E-state index contributed by atoms with van der Waals surface area (Å²) in [6, 6.07) is 28.0. The summed E-state index contributed by atoms with van der Waals surface area (Å²) in [6.45, 7) is 5.92. The van der Waals surface area contributed by atoms with E-state index >= 15 is 0 Å². The van der Waals surface area contributed by atoms with Gasteiger partial charge in [-0.1, -0.05) is 78.9 Å². The fourth-order valence-electron chi connectivity index (χ4n) is 7.04. The normalized spacial score (nSPS) is 22.2. The van der Waals surface area contributed by atoms with Crippen molar-refractivity contribution < 1.29 is 47.6 Å². The van der Waals surface area contributed by atoms with Gasteiger partial charge in [-0.3, -0.25) is 14.4 Å². The smallest absolute Gasteiger partial charge is 0.339 e. The molecule has 3 aliphatic heterocycles. The number of epoxide rings is 1. The van der Waals surface area contributed by atoms with Crippen LogP contribution < -0.4 is 15.4 Å². The number of hydrogen-bond acceptors (Lipinski definition) is 11. The topological polar surface area (TPSA) is 154 Å². The maximum atomic E-state index is 14.5. The summed E-state index contributed by atoms with van der Waals surface area (Å²) >= 11 is 0. The van der Waals surface area contributed by atoms with Gasteiger partial charge in [0.1, 0.15) is 41.2 Å². The van der Waals surface area contributed by atoms with Crippen molar-refractivity contribution in [3.63, 3.8) is 0 Å². The number of nitrogens with zero attached hydrogens (tertiary/aromatic N) is 1. The van der Waals surface area contributed by atoms with Crippen molar-refractivity contribution in [2.24, 2.45) is 0 Å². The van der Waals surface area contributed by atoms with Crippen molar-refractivity contribution in [2.45, 2.75) is 63.9 Å². The molecule has 0 aromatic heterocycles. The zero-order valence-electron chi connectivity index (χ0n) is 32.4. The molecule has 0 aliphatic carbocycles. The van der Waals surface area contributed by atoms with E-state index in [4.69, 9.17) is 28.4 Å². The number of hydrogen-bond donors (Lipinski definition) is 2. The lowest BCUT2D eigenvalue weighted by Gasteiger charge is -2.27. The molecule has 0 bridgehead atoms. The van der Waals surface area contributed by atoms with Gasteiger partial charge in [0.25, 0.3) is 11.8 Å². The number of piperidine rings is 1. The Morgan fingerprint density at radius 1 is 0.895 bits per heavy atom. The van der Waals surface area contributed by atoms with Crippen molar-refractivity contribution >= 4 is 34.3 Å². The summed E-state index contributed by atoms with van der Waals surface area (Å²) in [5, 5.41) is 6.79. The van der Waals surface area contributed by atoms with Gasteiger partial charge in [0.2, 0.25) is 6.10 Å². The molecule has 3 fully saturated rings. The molecule has 7 rings (SSSR count). The van der Waals surface area contributed by atoms with Gasteiger partial charge in [0, 0.05) is 13.5 Å². The molecule has 13 heteroatoms. The molecular formula is C44H45N3O10. The zero-order chi connectivity index (χ0) is 40.3. The highest BCUT2D eigenvalue weighted by atomic mass is 16.6. The van der Waals surface area contributed by atoms with Gasteiger partial charge in [-0.15, -0.1) is 0 Å². The number of rotatable bonds is 16. The second-order valence-corrected chi connectivity index (χ2v) is 14.5. The number of methoxy groups -OCH3 is 2. The molecule has 296 valence electrons. The molecule has 2 N–H and O–H groups in total. The highest BCUT2D eigenvalue weighted by Crippen LogP contribution is 2.44. The number of amides is 2. The maximum absolute atomic E-state index is 14.5. The number of allylic oxidation sites excluding steroid dienone is 1. The quantitative estimate of drug-likeness (QED) is 0.0695. The van der Waals surface area contributed by atoms with Crippen LogP contribution in [0, 0.1) is 6.92 Å². The fourth-order valence-corrected chi connectivity index (χ4v) is 7.04. The number of carbonyl (C=O) groups is 4. The standard InChI is InChI=1S/C44H45N3O10/c1-26-13-12-18-31-32(26)19-30(53-5)20-33(31)43(51)57-40(44(3)25-56-44)42(50)46-36(41(49)45-34(24-52-4)27(2)48)37-39(55-23-29-16-10-7-11-17-29)38(35-21-47(35)37)54-22-28-14-8-6-9-15-28/h6-20,24,35,38-40H,21-23,25H2,1-5H3,(H,45,49)(H,46,50)/b34-24-,37-36+/t35-,38+,39+,40+,44-,47?/m0/s1. The molecule has 3 saturated heterocycles. The Bertz CT molecular complexity index is 2230. The number of ketones is 1. The minimum atomic E-state index is -1.50. The molecule has 4 aromatic rings. The first-order chi connectivity index (χ1) is 27.5. The largest absolute Gasteiger partial charge is 0.502 e. The third-order valence-electron chi connectivity index (χ3n) is 10.3. The molecular weight excluding hydrogens is 730 g/mol. The van der Waals surface area contributed by atoms with Gasteiger partial charge in [-0.2, -0.15) is 0 Å². The maximum Gasteiger partial charge on any atom is 0.339 e. The predicted octanol–water partition coefficient (Wildman–Crippen LogP) is 4.86. The summed E-state index contributed by atoms with van der Waals surface area (Å²) < 4.78 is 35.4. The lowest BCUT2D eigenvalue weighted by atomic mass is 9.99. The number of carbonyl (C=O) groups excluding carboxylic acids is 4. The van der Waals surface area contributed by atoms with Crippen molar-refractivity contribution in [3.05, 3.63) is 137 Å². The number of ether oxygens (including phenoxy) is 6. The van der Waals surface area contributed by atoms with E-state index in [0.717, 1.165) is 28.3 Å². The lowest BCUT2D eigenvalue weighted by Crippen LogP contribution is -2.49. The number of fused-ring (bicyclic) bond motifs is 2. The van der Waals surface area contributed by atoms with Crippen LogP contribution in [0.4, 0.5) is 0 Å². The van der Waals surface area contributed by atoms with Crippen molar-refractivity contribution in [1.29, 1.82) is 0 Å². The van der Waals surface area contributed by atoms with Crippen molar-refractivity contribution in [3.8, 4) is 5.75 Å². The SMILES string of the molecule is CO/C=C(\NC(=O)/C(NC(=O)[C@@H](OC(=O)c1cc(OC)cc2c(C)cccc12)[C@]1(C)CO1)=C1/[C@@H](OCc2ccccc2)[C@H](OCc2ccccc2)[C@@H]2CN12)C(C)=O. The Morgan fingerprint density at radius 2 is 1.56 bits per heavy atom. The minimum absolute atomic E-state index is 0.117. The van der Waals surface area contributed by atoms with Gasteiger partial charge in [0.05, 0.1) is 51.3 Å². The predicted molar refractivity (Wildman–Crippen MR) is 208 cm³/mol. The van der Waals surface area contributed by atoms with E-state index in [1.54, 1.807) is 19.1 Å². The summed E-state index contributed by atoms with van der Waals surface area (Å²) in [5.74, 6) is -2.47. The van der Waals surface area contributed by atoms with E-state index in [-0.39, 0.29) is 42.8 Å². The summed E-state index contributed by atoms with van der Waals surface area (Å²) in [7, 11) is 2.85. The summed E-state index contributed by atoms with van der Waals surface area (Å²) in [4.78, 5) is 57.5. The van der Waals surface area contributed by atoms with Crippen LogP contribution in [0.25, 0.3) is 10.8 Å². The van der Waals surface area contributed by atoms with Gasteiger partial charge in [-0.05, 0) is 53.4 Å². The van der Waals surface area contributed by atoms with Gasteiger partial charge >= 0.3 is 5.97 Å². The Morgan fingerprint density at radius 3 is 2.18 bits per heavy atom. The number of aryl methyl sites for hydroxylation is 1. The van der Waals surface area contributed by atoms with Crippen LogP contribution in [0.15, 0.2) is 114 Å². The van der Waals surface area contributed by atoms with Crippen LogP contribution in [0.5, 0.6) is 5.75 Å². The number of benzene rings is 4. The Labute approximate surface area is 330 Å². The molecule has 13 nitrogen and oxygen atoms in total. The lowest BCUT2D eigenvalue weighted by molar-refractivity contribution is -0.133. The van der Waals surface area contributed by atoms with E-state index < -0.39 is 47.5 Å². The number of esters is 1. The first-order valence-corrected chi connectivity index (χ1v) is 18.6. The van der Waals surface area contributed by atoms with Crippen LogP contribution in [0.2, 0.25) is 0 Å². The molecule has 0 radical (unpaired) electrons. The first-order valence-electron chi connectivity index (χ1n) is 18.6. The fraction of sp³-hybridized carbons (Fsp3) is 0.318. The molecule has 4 aromatic carbocycles. The molecule has 0 unspecified atom stereocenters. The Balaban J connectivity index is 1.26. The zero-order valence-corrected chi connectivity index (χ0v) is 32.4. The number of nitrogens with one attached hydrogen (secondary N) is 2. The highest BCUT2D eigenvalue weighted by molar-refractivity contribution is 6.08. The molecule has 0 saturated carbocycles.